The first-order valence-corrected chi connectivity index (χ1v) is 17.0. The van der Waals surface area contributed by atoms with Crippen LogP contribution in [0.3, 0.4) is 0 Å². The smallest absolute Gasteiger partial charge is 0.264 e. The van der Waals surface area contributed by atoms with Crippen LogP contribution in [-0.4, -0.2) is 50.9 Å². The zero-order valence-corrected chi connectivity index (χ0v) is 28.2. The summed E-state index contributed by atoms with van der Waals surface area (Å²) < 4.78 is 34.9. The minimum absolute atomic E-state index is 0.00325. The number of anilines is 1. The van der Waals surface area contributed by atoms with Gasteiger partial charge in [-0.25, -0.2) is 8.42 Å². The number of nitrogens with one attached hydrogen (secondary N) is 1. The van der Waals surface area contributed by atoms with Gasteiger partial charge in [-0.3, -0.25) is 13.9 Å². The normalized spacial score (nSPS) is 12.5. The van der Waals surface area contributed by atoms with Gasteiger partial charge in [0.15, 0.2) is 0 Å². The first-order valence-electron chi connectivity index (χ1n) is 14.8. The lowest BCUT2D eigenvalue weighted by Gasteiger charge is -2.34. The van der Waals surface area contributed by atoms with E-state index in [0.717, 1.165) is 9.87 Å². The Morgan fingerprint density at radius 1 is 0.848 bits per heavy atom. The third-order valence-corrected chi connectivity index (χ3v) is 9.78. The number of rotatable bonds is 14. The number of methoxy groups -OCH3 is 1. The van der Waals surface area contributed by atoms with E-state index in [2.05, 4.69) is 5.32 Å². The molecule has 4 aromatic rings. The molecular weight excluding hydrogens is 645 g/mol. The average molecular weight is 683 g/mol. The maximum atomic E-state index is 14.6. The molecule has 0 aromatic heterocycles. The van der Waals surface area contributed by atoms with Gasteiger partial charge in [-0.2, -0.15) is 0 Å². The second-order valence-electron chi connectivity index (χ2n) is 10.8. The highest BCUT2D eigenvalue weighted by Gasteiger charge is 2.36. The van der Waals surface area contributed by atoms with Crippen LogP contribution < -0.4 is 14.4 Å². The van der Waals surface area contributed by atoms with Crippen molar-refractivity contribution in [1.29, 1.82) is 0 Å². The van der Waals surface area contributed by atoms with Crippen LogP contribution in [0.1, 0.15) is 31.4 Å². The molecule has 0 aliphatic carbocycles. The quantitative estimate of drug-likeness (QED) is 0.159. The molecule has 0 bridgehead atoms. The Morgan fingerprint density at radius 2 is 1.48 bits per heavy atom. The molecule has 0 fully saturated rings. The molecular formula is C35H37Cl2N3O5S. The number of ether oxygens (including phenoxy) is 1. The van der Waals surface area contributed by atoms with Crippen molar-refractivity contribution in [3.8, 4) is 5.75 Å². The zero-order chi connectivity index (χ0) is 33.3. The predicted molar refractivity (Wildman–Crippen MR) is 183 cm³/mol. The van der Waals surface area contributed by atoms with Gasteiger partial charge in [-0.15, -0.1) is 0 Å². The van der Waals surface area contributed by atoms with Gasteiger partial charge in [0.05, 0.1) is 17.7 Å². The molecule has 2 atom stereocenters. The Morgan fingerprint density at radius 3 is 2.11 bits per heavy atom. The number of benzene rings is 4. The summed E-state index contributed by atoms with van der Waals surface area (Å²) in [6, 6.07) is 27.6. The van der Waals surface area contributed by atoms with Crippen molar-refractivity contribution in [3.05, 3.63) is 124 Å². The van der Waals surface area contributed by atoms with Crippen molar-refractivity contribution in [2.45, 2.75) is 50.2 Å². The summed E-state index contributed by atoms with van der Waals surface area (Å²) in [5, 5.41) is 3.74. The van der Waals surface area contributed by atoms with Gasteiger partial charge in [-0.1, -0.05) is 90.8 Å². The summed E-state index contributed by atoms with van der Waals surface area (Å²) in [5.41, 5.74) is 1.59. The molecule has 46 heavy (non-hydrogen) atoms. The molecule has 4 rings (SSSR count). The first kappa shape index (κ1) is 34.8. The Balaban J connectivity index is 1.85. The molecule has 0 heterocycles. The fraction of sp³-hybridized carbons (Fsp3) is 0.257. The van der Waals surface area contributed by atoms with E-state index in [4.69, 9.17) is 27.9 Å². The van der Waals surface area contributed by atoms with E-state index in [1.165, 1.54) is 36.3 Å². The van der Waals surface area contributed by atoms with E-state index in [1.54, 1.807) is 48.5 Å². The fourth-order valence-electron chi connectivity index (χ4n) is 4.92. The van der Waals surface area contributed by atoms with Crippen LogP contribution in [0.4, 0.5) is 5.69 Å². The lowest BCUT2D eigenvalue weighted by Crippen LogP contribution is -2.54. The third kappa shape index (κ3) is 8.81. The molecule has 11 heteroatoms. The van der Waals surface area contributed by atoms with Gasteiger partial charge in [0.1, 0.15) is 18.3 Å². The minimum Gasteiger partial charge on any atom is -0.495 e. The van der Waals surface area contributed by atoms with Crippen LogP contribution in [0.15, 0.2) is 108 Å². The highest BCUT2D eigenvalue weighted by atomic mass is 35.5. The molecule has 0 radical (unpaired) electrons. The lowest BCUT2D eigenvalue weighted by atomic mass is 10.0. The van der Waals surface area contributed by atoms with E-state index >= 15 is 0 Å². The second kappa shape index (κ2) is 16.0. The van der Waals surface area contributed by atoms with Crippen LogP contribution in [0.25, 0.3) is 0 Å². The van der Waals surface area contributed by atoms with E-state index in [1.807, 2.05) is 44.2 Å². The molecule has 4 aromatic carbocycles. The maximum absolute atomic E-state index is 14.6. The monoisotopic (exact) mass is 681 g/mol. The summed E-state index contributed by atoms with van der Waals surface area (Å²) in [7, 11) is -2.91. The number of hydrogen-bond acceptors (Lipinski definition) is 5. The van der Waals surface area contributed by atoms with E-state index in [-0.39, 0.29) is 46.3 Å². The second-order valence-corrected chi connectivity index (χ2v) is 13.6. The van der Waals surface area contributed by atoms with Crippen molar-refractivity contribution < 1.29 is 22.7 Å². The topological polar surface area (TPSA) is 96.0 Å². The van der Waals surface area contributed by atoms with Crippen molar-refractivity contribution in [3.63, 3.8) is 0 Å². The van der Waals surface area contributed by atoms with Crippen molar-refractivity contribution >= 4 is 50.7 Å². The largest absolute Gasteiger partial charge is 0.495 e. The van der Waals surface area contributed by atoms with Crippen molar-refractivity contribution in [2.75, 3.05) is 18.0 Å². The SMILES string of the molecule is CCC(C)NC(=O)C(Cc1ccccc1)N(Cc1cccc(Cl)c1)C(=O)CN(c1cc(Cl)ccc1OC)S(=O)(=O)c1ccccc1. The third-order valence-electron chi connectivity index (χ3n) is 7.53. The number of amides is 2. The summed E-state index contributed by atoms with van der Waals surface area (Å²) in [6.45, 7) is 3.20. The average Bonchev–Trinajstić information content (AvgIpc) is 3.05. The summed E-state index contributed by atoms with van der Waals surface area (Å²) in [4.78, 5) is 29.9. The zero-order valence-electron chi connectivity index (χ0n) is 25.9. The van der Waals surface area contributed by atoms with E-state index < -0.39 is 28.5 Å². The van der Waals surface area contributed by atoms with Gasteiger partial charge in [0.2, 0.25) is 11.8 Å². The summed E-state index contributed by atoms with van der Waals surface area (Å²) >= 11 is 12.7. The number of carbonyl (C=O) groups is 2. The van der Waals surface area contributed by atoms with Gasteiger partial charge >= 0.3 is 0 Å². The number of sulfonamides is 1. The molecule has 2 unspecified atom stereocenters. The van der Waals surface area contributed by atoms with Crippen molar-refractivity contribution in [2.24, 2.45) is 0 Å². The van der Waals surface area contributed by atoms with Crippen LogP contribution >= 0.6 is 23.2 Å². The van der Waals surface area contributed by atoms with Gasteiger partial charge in [-0.05, 0) is 66.9 Å². The summed E-state index contributed by atoms with van der Waals surface area (Å²) in [5.74, 6) is -0.762. The highest BCUT2D eigenvalue weighted by molar-refractivity contribution is 7.92. The standard InChI is InChI=1S/C35H37Cl2N3O5S/c1-4-25(2)38-35(42)32(21-26-12-7-5-8-13-26)39(23-27-14-11-15-28(36)20-27)34(41)24-40(31-22-29(37)18-19-33(31)45-3)46(43,44)30-16-9-6-10-17-30/h5-20,22,25,32H,4,21,23-24H2,1-3H3,(H,38,42). The summed E-state index contributed by atoms with van der Waals surface area (Å²) in [6.07, 6.45) is 0.880. The molecule has 0 spiro atoms. The van der Waals surface area contributed by atoms with Crippen LogP contribution in [0, 0.1) is 0 Å². The lowest BCUT2D eigenvalue weighted by molar-refractivity contribution is -0.140. The number of halogens is 2. The number of carbonyl (C=O) groups excluding carboxylic acids is 2. The fourth-order valence-corrected chi connectivity index (χ4v) is 6.73. The molecule has 2 amide bonds. The van der Waals surface area contributed by atoms with Gasteiger partial charge in [0.25, 0.3) is 10.0 Å². The first-order chi connectivity index (χ1) is 22.0. The van der Waals surface area contributed by atoms with Crippen LogP contribution in [0.2, 0.25) is 10.0 Å². The van der Waals surface area contributed by atoms with E-state index in [0.29, 0.717) is 17.0 Å². The number of nitrogens with zero attached hydrogens (tertiary/aromatic N) is 2. The minimum atomic E-state index is -4.31. The molecule has 1 N–H and O–H groups in total. The highest BCUT2D eigenvalue weighted by Crippen LogP contribution is 2.35. The van der Waals surface area contributed by atoms with Gasteiger partial charge < -0.3 is 15.0 Å². The van der Waals surface area contributed by atoms with Crippen LogP contribution in [-0.2, 0) is 32.6 Å². The predicted octanol–water partition coefficient (Wildman–Crippen LogP) is 6.75. The number of hydrogen-bond donors (Lipinski definition) is 1. The molecule has 8 nitrogen and oxygen atoms in total. The molecule has 0 aliphatic heterocycles. The Labute approximate surface area is 280 Å². The Kier molecular flexibility index (Phi) is 12.1. The van der Waals surface area contributed by atoms with Crippen molar-refractivity contribution in [1.82, 2.24) is 10.2 Å². The maximum Gasteiger partial charge on any atom is 0.264 e. The molecule has 0 saturated carbocycles. The molecule has 0 saturated heterocycles. The van der Waals surface area contributed by atoms with E-state index in [9.17, 15) is 18.0 Å². The van der Waals surface area contributed by atoms with Crippen LogP contribution in [0.5, 0.6) is 5.75 Å². The molecule has 0 aliphatic rings. The Hall–Kier alpha value is -4.05. The van der Waals surface area contributed by atoms with Gasteiger partial charge in [0, 0.05) is 29.1 Å². The molecule has 242 valence electrons. The Bertz CT molecular complexity index is 1740.